The smallest absolute Gasteiger partial charge is 0.186 e. The summed E-state index contributed by atoms with van der Waals surface area (Å²) in [6.07, 6.45) is 4.58. The number of ether oxygens (including phenoxy) is 2. The first-order valence-corrected chi connectivity index (χ1v) is 9.50. The van der Waals surface area contributed by atoms with Crippen LogP contribution < -0.4 is 0 Å². The Bertz CT molecular complexity index is 384. The van der Waals surface area contributed by atoms with E-state index < -0.39 is 37.3 Å². The van der Waals surface area contributed by atoms with Gasteiger partial charge in [-0.1, -0.05) is 32.1 Å². The monoisotopic (exact) mass is 344 g/mol. The molecule has 1 heterocycles. The highest BCUT2D eigenvalue weighted by atomic mass is 16.7. The zero-order valence-corrected chi connectivity index (χ0v) is 14.3. The van der Waals surface area contributed by atoms with Gasteiger partial charge in [0.2, 0.25) is 0 Å². The van der Waals surface area contributed by atoms with Crippen molar-refractivity contribution in [1.29, 1.82) is 0 Å². The number of aliphatic hydroxyl groups is 4. The van der Waals surface area contributed by atoms with Crippen LogP contribution in [0.15, 0.2) is 0 Å². The van der Waals surface area contributed by atoms with E-state index in [-0.39, 0.29) is 0 Å². The van der Waals surface area contributed by atoms with Crippen molar-refractivity contribution >= 4 is 0 Å². The van der Waals surface area contributed by atoms with E-state index in [0.29, 0.717) is 12.5 Å². The zero-order chi connectivity index (χ0) is 17.1. The van der Waals surface area contributed by atoms with Crippen LogP contribution in [0.25, 0.3) is 0 Å². The lowest BCUT2D eigenvalue weighted by molar-refractivity contribution is -0.303. The first-order chi connectivity index (χ1) is 11.6. The Morgan fingerprint density at radius 3 is 2.25 bits per heavy atom. The zero-order valence-electron chi connectivity index (χ0n) is 14.3. The summed E-state index contributed by atoms with van der Waals surface area (Å²) < 4.78 is 11.1. The van der Waals surface area contributed by atoms with Crippen LogP contribution in [0, 0.1) is 17.8 Å². The van der Waals surface area contributed by atoms with Crippen LogP contribution in [0.5, 0.6) is 0 Å². The predicted molar refractivity (Wildman–Crippen MR) is 87.1 cm³/mol. The summed E-state index contributed by atoms with van der Waals surface area (Å²) in [5, 5.41) is 38.8. The summed E-state index contributed by atoms with van der Waals surface area (Å²) in [5.41, 5.74) is 0. The lowest BCUT2D eigenvalue weighted by atomic mass is 9.91. The Morgan fingerprint density at radius 1 is 0.833 bits per heavy atom. The molecule has 3 aliphatic rings. The van der Waals surface area contributed by atoms with Crippen LogP contribution in [0.3, 0.4) is 0 Å². The highest BCUT2D eigenvalue weighted by Crippen LogP contribution is 2.39. The van der Waals surface area contributed by atoms with Crippen LogP contribution in [-0.2, 0) is 9.47 Å². The average molecular weight is 344 g/mol. The predicted octanol–water partition coefficient (Wildman–Crippen LogP) is 0.799. The molecule has 24 heavy (non-hydrogen) atoms. The van der Waals surface area contributed by atoms with Gasteiger partial charge in [-0.05, 0) is 37.0 Å². The molecule has 6 heteroatoms. The molecule has 0 spiro atoms. The van der Waals surface area contributed by atoms with Gasteiger partial charge in [-0.15, -0.1) is 0 Å². The van der Waals surface area contributed by atoms with E-state index in [4.69, 9.17) is 9.47 Å². The van der Waals surface area contributed by atoms with E-state index in [1.54, 1.807) is 0 Å². The van der Waals surface area contributed by atoms with Crippen molar-refractivity contribution < 1.29 is 29.9 Å². The summed E-state index contributed by atoms with van der Waals surface area (Å²) in [7, 11) is 0. The van der Waals surface area contributed by atoms with Gasteiger partial charge in [0, 0.05) is 0 Å². The molecule has 4 N–H and O–H groups in total. The van der Waals surface area contributed by atoms with Crippen molar-refractivity contribution in [2.24, 2.45) is 17.8 Å². The first-order valence-electron chi connectivity index (χ1n) is 9.50. The molecule has 3 rings (SSSR count). The molecule has 140 valence electrons. The van der Waals surface area contributed by atoms with Crippen LogP contribution in [0.2, 0.25) is 0 Å². The number of rotatable bonds is 6. The van der Waals surface area contributed by atoms with Gasteiger partial charge < -0.3 is 29.9 Å². The molecular weight excluding hydrogens is 312 g/mol. The Hall–Kier alpha value is -0.240. The fourth-order valence-electron chi connectivity index (χ4n) is 4.70. The molecule has 7 atom stereocenters. The van der Waals surface area contributed by atoms with Crippen molar-refractivity contribution in [3.8, 4) is 0 Å². The van der Waals surface area contributed by atoms with Crippen molar-refractivity contribution in [3.05, 3.63) is 0 Å². The van der Waals surface area contributed by atoms with Gasteiger partial charge in [-0.2, -0.15) is 0 Å². The second-order valence-electron chi connectivity index (χ2n) is 7.96. The fraction of sp³-hybridized carbons (Fsp3) is 1.00. The van der Waals surface area contributed by atoms with Crippen molar-refractivity contribution in [3.63, 3.8) is 0 Å². The molecular formula is C18H32O6. The average Bonchev–Trinajstić information content (AvgIpc) is 3.24. The molecule has 0 amide bonds. The quantitative estimate of drug-likeness (QED) is 0.569. The third-order valence-electron chi connectivity index (χ3n) is 6.14. The topological polar surface area (TPSA) is 99.4 Å². The van der Waals surface area contributed by atoms with Crippen molar-refractivity contribution in [1.82, 2.24) is 0 Å². The lowest BCUT2D eigenvalue weighted by Gasteiger charge is -2.39. The second-order valence-corrected chi connectivity index (χ2v) is 7.96. The Kier molecular flexibility index (Phi) is 6.51. The SMILES string of the molecule is OC[C@H]1O[C@@H](OCC2CCC(CC3CCCC3)C2)[C@H](O)[C@@H](O)[C@H]1O. The highest BCUT2D eigenvalue weighted by Gasteiger charge is 2.44. The van der Waals surface area contributed by atoms with Crippen LogP contribution in [0.1, 0.15) is 51.4 Å². The summed E-state index contributed by atoms with van der Waals surface area (Å²) >= 11 is 0. The minimum absolute atomic E-state index is 0.419. The van der Waals surface area contributed by atoms with Gasteiger partial charge in [0.25, 0.3) is 0 Å². The van der Waals surface area contributed by atoms with Gasteiger partial charge in [0.05, 0.1) is 13.2 Å². The molecule has 1 saturated heterocycles. The third-order valence-corrected chi connectivity index (χ3v) is 6.14. The summed E-state index contributed by atoms with van der Waals surface area (Å²) in [5.74, 6) is 2.17. The largest absolute Gasteiger partial charge is 0.394 e. The van der Waals surface area contributed by atoms with Crippen LogP contribution in [0.4, 0.5) is 0 Å². The lowest BCUT2D eigenvalue weighted by Crippen LogP contribution is -2.59. The Morgan fingerprint density at radius 2 is 1.54 bits per heavy atom. The molecule has 0 radical (unpaired) electrons. The number of hydrogen-bond acceptors (Lipinski definition) is 6. The van der Waals surface area contributed by atoms with Crippen LogP contribution >= 0.6 is 0 Å². The molecule has 0 bridgehead atoms. The molecule has 0 aromatic heterocycles. The van der Waals surface area contributed by atoms with Crippen molar-refractivity contribution in [2.75, 3.05) is 13.2 Å². The summed E-state index contributed by atoms with van der Waals surface area (Å²) in [6.45, 7) is 0.0710. The molecule has 0 aromatic carbocycles. The Balaban J connectivity index is 1.42. The van der Waals surface area contributed by atoms with E-state index in [9.17, 15) is 20.4 Å². The normalized spacial score (nSPS) is 44.2. The summed E-state index contributed by atoms with van der Waals surface area (Å²) in [6, 6.07) is 0. The third kappa shape index (κ3) is 4.29. The van der Waals surface area contributed by atoms with E-state index >= 15 is 0 Å². The second kappa shape index (κ2) is 8.43. The highest BCUT2D eigenvalue weighted by molar-refractivity contribution is 4.89. The molecule has 2 saturated carbocycles. The van der Waals surface area contributed by atoms with E-state index in [0.717, 1.165) is 24.7 Å². The van der Waals surface area contributed by atoms with Gasteiger partial charge in [0.1, 0.15) is 24.4 Å². The molecule has 1 aliphatic heterocycles. The maximum absolute atomic E-state index is 10.00. The standard InChI is InChI=1S/C18H32O6/c19-9-14-15(20)16(21)17(22)18(24-14)23-10-13-6-5-12(8-13)7-11-3-1-2-4-11/h11-22H,1-10H2/t12?,13?,14-,15+,16+,17-,18-/m1/s1. The minimum Gasteiger partial charge on any atom is -0.394 e. The maximum Gasteiger partial charge on any atom is 0.186 e. The van der Waals surface area contributed by atoms with E-state index in [1.165, 1.54) is 38.5 Å². The minimum atomic E-state index is -1.36. The van der Waals surface area contributed by atoms with Gasteiger partial charge in [-0.3, -0.25) is 0 Å². The van der Waals surface area contributed by atoms with Crippen LogP contribution in [-0.4, -0.2) is 64.3 Å². The number of hydrogen-bond donors (Lipinski definition) is 4. The molecule has 2 unspecified atom stereocenters. The fourth-order valence-corrected chi connectivity index (χ4v) is 4.70. The van der Waals surface area contributed by atoms with Crippen molar-refractivity contribution in [2.45, 2.75) is 82.1 Å². The Labute approximate surface area is 143 Å². The van der Waals surface area contributed by atoms with Gasteiger partial charge in [-0.25, -0.2) is 0 Å². The van der Waals surface area contributed by atoms with E-state index in [2.05, 4.69) is 0 Å². The molecule has 3 fully saturated rings. The van der Waals surface area contributed by atoms with E-state index in [1.807, 2.05) is 0 Å². The first kappa shape index (κ1) is 18.5. The molecule has 0 aromatic rings. The number of aliphatic hydroxyl groups excluding tert-OH is 4. The van der Waals surface area contributed by atoms with Gasteiger partial charge >= 0.3 is 0 Å². The summed E-state index contributed by atoms with van der Waals surface area (Å²) in [4.78, 5) is 0. The maximum atomic E-state index is 10.00. The molecule has 6 nitrogen and oxygen atoms in total. The van der Waals surface area contributed by atoms with Gasteiger partial charge in [0.15, 0.2) is 6.29 Å². The molecule has 2 aliphatic carbocycles.